The molecule has 1 heterocycles. The smallest absolute Gasteiger partial charge is 0.256 e. The number of hydrogen-bond acceptors (Lipinski definition) is 2. The Kier molecular flexibility index (Phi) is 3.83. The highest BCUT2D eigenvalue weighted by molar-refractivity contribution is 5.95. The highest BCUT2D eigenvalue weighted by atomic mass is 19.1. The number of rotatable bonds is 2. The highest BCUT2D eigenvalue weighted by Gasteiger charge is 2.28. The van der Waals surface area contributed by atoms with E-state index in [0.29, 0.717) is 19.4 Å². The summed E-state index contributed by atoms with van der Waals surface area (Å²) >= 11 is 0. The summed E-state index contributed by atoms with van der Waals surface area (Å²) in [5.74, 6) is -1.63. The van der Waals surface area contributed by atoms with E-state index in [9.17, 15) is 14.0 Å². The van der Waals surface area contributed by atoms with E-state index in [1.165, 1.54) is 17.0 Å². The number of carbonyl (C=O) groups excluding carboxylic acids is 2. The number of likely N-dealkylation sites (tertiary alicyclic amines) is 1. The Hall–Kier alpha value is -1.91. The molecule has 0 radical (unpaired) electrons. The van der Waals surface area contributed by atoms with Crippen LogP contribution in [0.15, 0.2) is 18.2 Å². The van der Waals surface area contributed by atoms with E-state index >= 15 is 0 Å². The van der Waals surface area contributed by atoms with Crippen LogP contribution in [0, 0.1) is 18.7 Å². The van der Waals surface area contributed by atoms with Gasteiger partial charge in [-0.25, -0.2) is 4.39 Å². The molecule has 1 aliphatic rings. The number of primary amides is 1. The molecule has 0 bridgehead atoms. The van der Waals surface area contributed by atoms with Gasteiger partial charge in [-0.05, 0) is 31.9 Å². The molecule has 1 fully saturated rings. The highest BCUT2D eigenvalue weighted by Crippen LogP contribution is 2.20. The van der Waals surface area contributed by atoms with Crippen LogP contribution < -0.4 is 5.73 Å². The molecule has 5 heteroatoms. The number of carbonyl (C=O) groups is 2. The van der Waals surface area contributed by atoms with Crippen molar-refractivity contribution in [2.75, 3.05) is 13.1 Å². The maximum absolute atomic E-state index is 13.7. The molecule has 1 aromatic carbocycles. The van der Waals surface area contributed by atoms with Crippen molar-refractivity contribution in [3.05, 3.63) is 35.1 Å². The zero-order valence-corrected chi connectivity index (χ0v) is 10.9. The summed E-state index contributed by atoms with van der Waals surface area (Å²) in [6.45, 7) is 2.62. The van der Waals surface area contributed by atoms with E-state index in [1.54, 1.807) is 13.0 Å². The van der Waals surface area contributed by atoms with Crippen molar-refractivity contribution in [2.45, 2.75) is 19.8 Å². The molecule has 1 aromatic rings. The Bertz CT molecular complexity index is 516. The van der Waals surface area contributed by atoms with Crippen molar-refractivity contribution in [1.82, 2.24) is 4.90 Å². The van der Waals surface area contributed by atoms with Crippen LogP contribution in [-0.4, -0.2) is 29.8 Å². The van der Waals surface area contributed by atoms with Crippen LogP contribution in [0.1, 0.15) is 28.8 Å². The van der Waals surface area contributed by atoms with E-state index in [0.717, 1.165) is 5.56 Å². The Morgan fingerprint density at radius 3 is 2.84 bits per heavy atom. The molecule has 1 atom stereocenters. The molecule has 0 spiro atoms. The van der Waals surface area contributed by atoms with Crippen molar-refractivity contribution in [2.24, 2.45) is 11.7 Å². The van der Waals surface area contributed by atoms with Crippen LogP contribution in [0.25, 0.3) is 0 Å². The first-order chi connectivity index (χ1) is 8.99. The van der Waals surface area contributed by atoms with Gasteiger partial charge in [0.2, 0.25) is 5.91 Å². The normalized spacial score (nSPS) is 19.3. The van der Waals surface area contributed by atoms with Gasteiger partial charge in [0.05, 0.1) is 11.5 Å². The summed E-state index contributed by atoms with van der Waals surface area (Å²) < 4.78 is 13.7. The van der Waals surface area contributed by atoms with Gasteiger partial charge in [0.15, 0.2) is 0 Å². The average molecular weight is 264 g/mol. The molecule has 0 aliphatic carbocycles. The number of piperidine rings is 1. The molecule has 0 unspecified atom stereocenters. The number of aryl methyl sites for hydroxylation is 1. The van der Waals surface area contributed by atoms with Crippen molar-refractivity contribution >= 4 is 11.8 Å². The molecule has 4 nitrogen and oxygen atoms in total. The van der Waals surface area contributed by atoms with Crippen molar-refractivity contribution in [3.63, 3.8) is 0 Å². The first kappa shape index (κ1) is 13.5. The van der Waals surface area contributed by atoms with Crippen molar-refractivity contribution in [3.8, 4) is 0 Å². The molecule has 1 aliphatic heterocycles. The molecule has 0 saturated carbocycles. The molecule has 2 rings (SSSR count). The Morgan fingerprint density at radius 2 is 2.16 bits per heavy atom. The van der Waals surface area contributed by atoms with Crippen molar-refractivity contribution < 1.29 is 14.0 Å². The van der Waals surface area contributed by atoms with Gasteiger partial charge < -0.3 is 10.6 Å². The average Bonchev–Trinajstić information content (AvgIpc) is 2.41. The number of nitrogens with zero attached hydrogens (tertiary/aromatic N) is 1. The Morgan fingerprint density at radius 1 is 1.42 bits per heavy atom. The summed E-state index contributed by atoms with van der Waals surface area (Å²) in [5.41, 5.74) is 6.16. The Labute approximate surface area is 111 Å². The van der Waals surface area contributed by atoms with Crippen LogP contribution in [0.4, 0.5) is 4.39 Å². The third-order valence-electron chi connectivity index (χ3n) is 3.46. The summed E-state index contributed by atoms with van der Waals surface area (Å²) in [6, 6.07) is 4.44. The zero-order valence-electron chi connectivity index (χ0n) is 10.9. The molecule has 2 amide bonds. The summed E-state index contributed by atoms with van der Waals surface area (Å²) in [4.78, 5) is 25.0. The van der Waals surface area contributed by atoms with Gasteiger partial charge in [-0.2, -0.15) is 0 Å². The second kappa shape index (κ2) is 5.38. The first-order valence-electron chi connectivity index (χ1n) is 6.34. The fraction of sp³-hybridized carbons (Fsp3) is 0.429. The fourth-order valence-corrected chi connectivity index (χ4v) is 2.37. The van der Waals surface area contributed by atoms with Gasteiger partial charge in [-0.1, -0.05) is 11.6 Å². The van der Waals surface area contributed by atoms with Crippen LogP contribution in [0.3, 0.4) is 0 Å². The largest absolute Gasteiger partial charge is 0.369 e. The van der Waals surface area contributed by atoms with Gasteiger partial charge in [-0.3, -0.25) is 9.59 Å². The number of amides is 2. The zero-order chi connectivity index (χ0) is 14.0. The van der Waals surface area contributed by atoms with Crippen LogP contribution in [-0.2, 0) is 4.79 Å². The lowest BCUT2D eigenvalue weighted by Crippen LogP contribution is -2.44. The lowest BCUT2D eigenvalue weighted by atomic mass is 9.96. The number of halogens is 1. The summed E-state index contributed by atoms with van der Waals surface area (Å²) in [7, 11) is 0. The SMILES string of the molecule is Cc1ccc(F)c(C(=O)N2CCC[C@H](C(N)=O)C2)c1. The number of nitrogens with two attached hydrogens (primary N) is 1. The third-order valence-corrected chi connectivity index (χ3v) is 3.46. The van der Waals surface area contributed by atoms with Gasteiger partial charge in [-0.15, -0.1) is 0 Å². The molecular weight excluding hydrogens is 247 g/mol. The number of hydrogen-bond donors (Lipinski definition) is 1. The lowest BCUT2D eigenvalue weighted by Gasteiger charge is -2.31. The van der Waals surface area contributed by atoms with Crippen molar-refractivity contribution in [1.29, 1.82) is 0 Å². The van der Waals surface area contributed by atoms with E-state index in [4.69, 9.17) is 5.73 Å². The van der Waals surface area contributed by atoms with Gasteiger partial charge >= 0.3 is 0 Å². The minimum Gasteiger partial charge on any atom is -0.369 e. The minimum absolute atomic E-state index is 0.0603. The minimum atomic E-state index is -0.531. The molecule has 19 heavy (non-hydrogen) atoms. The second-order valence-corrected chi connectivity index (χ2v) is 4.98. The molecule has 2 N–H and O–H groups in total. The maximum atomic E-state index is 13.7. The van der Waals surface area contributed by atoms with Crippen LogP contribution in [0.2, 0.25) is 0 Å². The predicted molar refractivity (Wildman–Crippen MR) is 69.0 cm³/mol. The predicted octanol–water partition coefficient (Wildman–Crippen LogP) is 1.47. The van der Waals surface area contributed by atoms with E-state index in [-0.39, 0.29) is 23.9 Å². The molecule has 1 saturated heterocycles. The lowest BCUT2D eigenvalue weighted by molar-refractivity contribution is -0.123. The fourth-order valence-electron chi connectivity index (χ4n) is 2.37. The monoisotopic (exact) mass is 264 g/mol. The molecule has 102 valence electrons. The van der Waals surface area contributed by atoms with Crippen LogP contribution in [0.5, 0.6) is 0 Å². The van der Waals surface area contributed by atoms with E-state index in [2.05, 4.69) is 0 Å². The van der Waals surface area contributed by atoms with Gasteiger partial charge in [0, 0.05) is 13.1 Å². The van der Waals surface area contributed by atoms with Gasteiger partial charge in [0.1, 0.15) is 5.82 Å². The second-order valence-electron chi connectivity index (χ2n) is 4.98. The topological polar surface area (TPSA) is 63.4 Å². The summed E-state index contributed by atoms with van der Waals surface area (Å²) in [5, 5.41) is 0. The third kappa shape index (κ3) is 2.92. The van der Waals surface area contributed by atoms with Crippen LogP contribution >= 0.6 is 0 Å². The number of benzene rings is 1. The molecular formula is C14H17FN2O2. The summed E-state index contributed by atoms with van der Waals surface area (Å²) in [6.07, 6.45) is 1.40. The van der Waals surface area contributed by atoms with E-state index in [1.807, 2.05) is 0 Å². The maximum Gasteiger partial charge on any atom is 0.256 e. The van der Waals surface area contributed by atoms with Gasteiger partial charge in [0.25, 0.3) is 5.91 Å². The Balaban J connectivity index is 2.19. The quantitative estimate of drug-likeness (QED) is 0.879. The standard InChI is InChI=1S/C14H17FN2O2/c1-9-4-5-12(15)11(7-9)14(19)17-6-2-3-10(8-17)13(16)18/h4-5,7,10H,2-3,6,8H2,1H3,(H2,16,18)/t10-/m0/s1. The first-order valence-corrected chi connectivity index (χ1v) is 6.34. The molecule has 0 aromatic heterocycles. The van der Waals surface area contributed by atoms with E-state index < -0.39 is 11.7 Å².